The fourth-order valence-corrected chi connectivity index (χ4v) is 12.7. The van der Waals surface area contributed by atoms with Crippen molar-refractivity contribution in [2.24, 2.45) is 0 Å². The quantitative estimate of drug-likeness (QED) is 0.0662. The van der Waals surface area contributed by atoms with Crippen molar-refractivity contribution < 1.29 is 56.0 Å². The van der Waals surface area contributed by atoms with Crippen molar-refractivity contribution in [3.63, 3.8) is 0 Å². The van der Waals surface area contributed by atoms with Crippen molar-refractivity contribution in [2.45, 2.75) is 66.1 Å². The summed E-state index contributed by atoms with van der Waals surface area (Å²) in [5, 5.41) is 22.9. The third kappa shape index (κ3) is 14.5. The minimum absolute atomic E-state index is 0.0117. The van der Waals surface area contributed by atoms with Crippen molar-refractivity contribution in [1.29, 1.82) is 0 Å². The summed E-state index contributed by atoms with van der Waals surface area (Å²) in [4.78, 5) is 79.8. The van der Waals surface area contributed by atoms with E-state index in [0.717, 1.165) is 58.4 Å². The first-order chi connectivity index (χ1) is 44.4. The molecule has 2 atom stereocenters. The number of halogens is 3. The summed E-state index contributed by atoms with van der Waals surface area (Å²) < 4.78 is 64.7. The molecule has 480 valence electrons. The molecule has 1 N–H and O–H groups in total. The zero-order chi connectivity index (χ0) is 64.6. The Labute approximate surface area is 536 Å². The van der Waals surface area contributed by atoms with Crippen LogP contribution in [0.4, 0.5) is 35.4 Å². The third-order valence-corrected chi connectivity index (χ3v) is 18.0. The van der Waals surface area contributed by atoms with E-state index in [1.807, 2.05) is 78.2 Å². The number of piperazine rings is 3. The van der Waals surface area contributed by atoms with Crippen LogP contribution in [0.1, 0.15) is 78.6 Å². The third-order valence-electron chi connectivity index (χ3n) is 16.5. The number of amides is 3. The predicted molar refractivity (Wildman–Crippen MR) is 339 cm³/mol. The fraction of sp³-hybridized carbons (Fsp3) is 0.323. The highest BCUT2D eigenvalue weighted by atomic mass is 32.1. The highest BCUT2D eigenvalue weighted by Crippen LogP contribution is 2.40. The average Bonchev–Trinajstić information content (AvgIpc) is 0.937. The largest absolute Gasteiger partial charge is 0.488 e. The van der Waals surface area contributed by atoms with Crippen LogP contribution in [-0.4, -0.2) is 136 Å². The Morgan fingerprint density at radius 1 is 0.739 bits per heavy atom. The first-order valence-corrected chi connectivity index (χ1v) is 31.5. The van der Waals surface area contributed by atoms with Gasteiger partial charge in [-0.3, -0.25) is 24.5 Å². The molecule has 3 fully saturated rings. The van der Waals surface area contributed by atoms with E-state index in [1.54, 1.807) is 112 Å². The number of hydrazine groups is 1. The van der Waals surface area contributed by atoms with Crippen molar-refractivity contribution in [3.8, 4) is 17.2 Å². The van der Waals surface area contributed by atoms with Crippen LogP contribution in [-0.2, 0) is 29.0 Å². The minimum Gasteiger partial charge on any atom is -0.488 e. The number of carbonyl (C=O) groups excluding carboxylic acids is 3. The lowest BCUT2D eigenvalue weighted by Gasteiger charge is -2.47. The molecule has 3 amide bonds. The number of thiazole rings is 2. The van der Waals surface area contributed by atoms with Gasteiger partial charge in [-0.25, -0.2) is 15.0 Å². The molecular weight excluding hydrogens is 1230 g/mol. The molecule has 4 aliphatic rings. The minimum atomic E-state index is -4.80. The highest BCUT2D eigenvalue weighted by molar-refractivity contribution is 7.13. The summed E-state index contributed by atoms with van der Waals surface area (Å²) in [5.41, 5.74) is 9.42. The molecule has 92 heavy (non-hydrogen) atoms. The van der Waals surface area contributed by atoms with E-state index in [2.05, 4.69) is 30.5 Å². The summed E-state index contributed by atoms with van der Waals surface area (Å²) in [5.74, 6) is 1.88. The average molecular weight is 1300 g/mol. The van der Waals surface area contributed by atoms with Gasteiger partial charge in [0.1, 0.15) is 53.7 Å². The van der Waals surface area contributed by atoms with Crippen molar-refractivity contribution in [1.82, 2.24) is 40.4 Å². The molecule has 7 heterocycles. The van der Waals surface area contributed by atoms with Crippen molar-refractivity contribution in [3.05, 3.63) is 210 Å². The molecule has 27 heteroatoms. The van der Waals surface area contributed by atoms with Crippen LogP contribution in [0.5, 0.6) is 17.2 Å². The summed E-state index contributed by atoms with van der Waals surface area (Å²) in [6.07, 6.45) is -1.26. The second-order valence-electron chi connectivity index (χ2n) is 22.3. The molecule has 4 aliphatic heterocycles. The van der Waals surface area contributed by atoms with E-state index in [4.69, 9.17) is 23.6 Å². The van der Waals surface area contributed by atoms with Gasteiger partial charge in [-0.2, -0.15) is 13.2 Å². The molecule has 5 aromatic carbocycles. The van der Waals surface area contributed by atoms with Gasteiger partial charge in [0, 0.05) is 94.2 Å². The molecule has 0 radical (unpaired) electrons. The van der Waals surface area contributed by atoms with Gasteiger partial charge < -0.3 is 53.0 Å². The summed E-state index contributed by atoms with van der Waals surface area (Å²) in [7, 11) is 0. The number of para-hydroxylation sites is 2. The van der Waals surface area contributed by atoms with Gasteiger partial charge in [-0.05, 0) is 106 Å². The zero-order valence-corrected chi connectivity index (χ0v) is 52.7. The Morgan fingerprint density at radius 2 is 1.42 bits per heavy atom. The number of hydrogen-bond donors (Lipinski definition) is 1. The van der Waals surface area contributed by atoms with Crippen LogP contribution < -0.4 is 34.5 Å². The number of nitro benzene ring substituents is 1. The van der Waals surface area contributed by atoms with Gasteiger partial charge in [0.05, 0.1) is 56.3 Å². The first kappa shape index (κ1) is 63.8. The molecule has 3 aromatic heterocycles. The lowest BCUT2D eigenvalue weighted by Crippen LogP contribution is -2.63. The van der Waals surface area contributed by atoms with Crippen LogP contribution in [0.15, 0.2) is 148 Å². The number of carbonyl (C=O) groups is 3. The fourth-order valence-electron chi connectivity index (χ4n) is 11.4. The molecule has 0 bridgehead atoms. The molecular formula is C65H67F3N12O10S2. The number of allylic oxidation sites excluding steroid dienone is 1. The lowest BCUT2D eigenvalue weighted by molar-refractivity contribution is -0.384. The van der Waals surface area contributed by atoms with E-state index in [1.165, 1.54) is 11.3 Å². The Morgan fingerprint density at radius 3 is 2.07 bits per heavy atom. The van der Waals surface area contributed by atoms with Crippen molar-refractivity contribution >= 4 is 62.6 Å². The van der Waals surface area contributed by atoms with Gasteiger partial charge in [0.2, 0.25) is 5.91 Å². The maximum atomic E-state index is 15.5. The van der Waals surface area contributed by atoms with Gasteiger partial charge in [-0.15, -0.1) is 22.7 Å². The number of rotatable bonds is 17. The molecule has 8 aromatic rings. The normalized spacial score (nSPS) is 16.8. The van der Waals surface area contributed by atoms with Gasteiger partial charge in [0.25, 0.3) is 17.5 Å². The number of nitrogens with one attached hydrogen (secondary N) is 1. The number of aryl methyl sites for hydroxylation is 3. The number of anilines is 3. The smallest absolute Gasteiger partial charge is 0.416 e. The van der Waals surface area contributed by atoms with Crippen LogP contribution in [0.3, 0.4) is 0 Å². The highest BCUT2D eigenvalue weighted by Gasteiger charge is 2.44. The molecule has 0 aliphatic carbocycles. The van der Waals surface area contributed by atoms with Crippen LogP contribution in [0.25, 0.3) is 0 Å². The summed E-state index contributed by atoms with van der Waals surface area (Å²) >= 11 is 3.16. The van der Waals surface area contributed by atoms with Gasteiger partial charge in [0.15, 0.2) is 11.9 Å². The Balaban J connectivity index is 0.000000276. The standard InChI is InChI=1S/C47H49F3N8O8.C18H18N4O2S2/c1-29-9-8-11-39(31(29)3)53-19-22-57(45(59)37-10-6-7-12-44(37)63-27-38-32(4)51-66-33(38)5)43(26-53)46(60)56-21-20-54(40-18-15-35(47(48,49)50)23-41(40)58(61)62)25-42(56)34-13-16-36(17-14-34)64-28-55-24-30(2)65-52-55;23-17(21-6-8-22(9-7-21)18-19-5-10-26-18)15-3-1-2-4-16(15)24-11-14-12-25-13-20-14/h6-18,23-24,42-43,52H,19-22,25-28H2,1-5H3;1-5,10,12-13H,6-9,11H2. The molecule has 12 rings (SSSR count). The maximum Gasteiger partial charge on any atom is 0.416 e. The maximum absolute atomic E-state index is 15.5. The lowest BCUT2D eigenvalue weighted by atomic mass is 9.98. The number of nitro groups is 1. The number of ether oxygens (including phenoxy) is 3. The predicted octanol–water partition coefficient (Wildman–Crippen LogP) is 10.9. The first-order valence-electron chi connectivity index (χ1n) is 29.7. The summed E-state index contributed by atoms with van der Waals surface area (Å²) in [6, 6.07) is 27.9. The van der Waals surface area contributed by atoms with E-state index in [-0.39, 0.29) is 69.1 Å². The van der Waals surface area contributed by atoms with Gasteiger partial charge >= 0.3 is 6.18 Å². The zero-order valence-electron chi connectivity index (χ0n) is 51.1. The van der Waals surface area contributed by atoms with Crippen molar-refractivity contribution in [2.75, 3.05) is 86.9 Å². The number of aromatic nitrogens is 3. The SMILES string of the molecule is CC1=CN(COc2ccc(C3CN(c4ccc(C(F)(F)F)cc4[N+](=O)[O-])CCN3C(=O)C3CN(c4cccc(C)c4C)CCN3C(=O)c3ccccc3OCc3c(C)noc3C)cc2)NO1.O=C(c1ccccc1OCc1cscn1)N1CCN(c2nccs2)CC1. The topological polar surface area (TPSA) is 218 Å². The number of nitrogens with zero attached hydrogens (tertiary/aromatic N) is 11. The van der Waals surface area contributed by atoms with E-state index in [0.29, 0.717) is 77.9 Å². The Hall–Kier alpha value is -9.73. The van der Waals surface area contributed by atoms with Gasteiger partial charge in [-0.1, -0.05) is 59.3 Å². The number of hydrogen-bond acceptors (Lipinski definition) is 20. The second kappa shape index (κ2) is 28.2. The summed E-state index contributed by atoms with van der Waals surface area (Å²) in [6.45, 7) is 13.7. The molecule has 0 spiro atoms. The van der Waals surface area contributed by atoms with E-state index >= 15 is 4.79 Å². The van der Waals surface area contributed by atoms with Crippen LogP contribution in [0.2, 0.25) is 0 Å². The second-order valence-corrected chi connectivity index (χ2v) is 23.9. The molecule has 0 saturated carbocycles. The van der Waals surface area contributed by atoms with Crippen LogP contribution >= 0.6 is 22.7 Å². The van der Waals surface area contributed by atoms with E-state index in [9.17, 15) is 32.9 Å². The monoisotopic (exact) mass is 1300 g/mol. The molecule has 3 saturated heterocycles. The van der Waals surface area contributed by atoms with E-state index < -0.39 is 40.3 Å². The van der Waals surface area contributed by atoms with Crippen LogP contribution in [0, 0.1) is 37.8 Å². The number of alkyl halides is 3. The molecule has 22 nitrogen and oxygen atoms in total. The number of benzene rings is 5. The Bertz CT molecular complexity index is 3920. The Kier molecular flexibility index (Phi) is 19.6. The molecule has 2 unspecified atom stereocenters.